The van der Waals surface area contributed by atoms with E-state index in [2.05, 4.69) is 4.74 Å². The van der Waals surface area contributed by atoms with Gasteiger partial charge >= 0.3 is 6.16 Å². The van der Waals surface area contributed by atoms with Gasteiger partial charge < -0.3 is 37.9 Å². The van der Waals surface area contributed by atoms with Gasteiger partial charge in [-0.05, 0) is 6.92 Å². The zero-order chi connectivity index (χ0) is 19.3. The molecule has 0 fully saturated rings. The van der Waals surface area contributed by atoms with Crippen molar-refractivity contribution in [2.24, 2.45) is 0 Å². The van der Waals surface area contributed by atoms with Crippen LogP contribution in [-0.2, 0) is 37.9 Å². The van der Waals surface area contributed by atoms with Crippen LogP contribution in [0.1, 0.15) is 6.92 Å². The molecule has 0 amide bonds. The number of alkyl halides is 1. The van der Waals surface area contributed by atoms with E-state index in [-0.39, 0.29) is 13.2 Å². The van der Waals surface area contributed by atoms with Gasteiger partial charge in [0.2, 0.25) is 0 Å². The maximum absolute atomic E-state index is 11.0. The maximum Gasteiger partial charge on any atom is 0.509 e. The summed E-state index contributed by atoms with van der Waals surface area (Å²) in [5.41, 5.74) is -0.717. The largest absolute Gasteiger partial charge is 0.509 e. The van der Waals surface area contributed by atoms with E-state index >= 15 is 0 Å². The van der Waals surface area contributed by atoms with Gasteiger partial charge in [0, 0.05) is 7.11 Å². The highest BCUT2D eigenvalue weighted by molar-refractivity contribution is 6.19. The number of hydrogen-bond acceptors (Lipinski definition) is 9. The van der Waals surface area contributed by atoms with Crippen molar-refractivity contribution < 1.29 is 42.7 Å². The number of halogens is 1. The highest BCUT2D eigenvalue weighted by Crippen LogP contribution is 1.98. The predicted octanol–water partition coefficient (Wildman–Crippen LogP) is 1.45. The Kier molecular flexibility index (Phi) is 20.1. The second-order valence-corrected chi connectivity index (χ2v) is 5.43. The quantitative estimate of drug-likeness (QED) is 0.181. The summed E-state index contributed by atoms with van der Waals surface area (Å²) < 4.78 is 40.6. The Labute approximate surface area is 160 Å². The summed E-state index contributed by atoms with van der Waals surface area (Å²) in [6.45, 7) is 6.94. The molecule has 0 rings (SSSR count). The molecule has 0 aliphatic heterocycles. The molecule has 1 atom stereocenters. The fourth-order valence-corrected chi connectivity index (χ4v) is 1.55. The van der Waals surface area contributed by atoms with Gasteiger partial charge in [0.05, 0.1) is 72.7 Å². The average molecular weight is 403 g/mol. The van der Waals surface area contributed by atoms with Crippen LogP contribution in [0.15, 0.2) is 0 Å². The van der Waals surface area contributed by atoms with Gasteiger partial charge in [0.1, 0.15) is 6.61 Å². The molecule has 0 saturated carbocycles. The molecule has 0 aliphatic carbocycles. The van der Waals surface area contributed by atoms with Crippen LogP contribution in [0.5, 0.6) is 0 Å². The highest BCUT2D eigenvalue weighted by Gasteiger charge is 2.06. The number of rotatable bonds is 19. The van der Waals surface area contributed by atoms with Gasteiger partial charge in [-0.2, -0.15) is 0 Å². The van der Waals surface area contributed by atoms with E-state index < -0.39 is 11.7 Å². The van der Waals surface area contributed by atoms with Crippen molar-refractivity contribution in [3.8, 4) is 0 Å². The second kappa shape index (κ2) is 20.6. The maximum atomic E-state index is 11.0. The van der Waals surface area contributed by atoms with Crippen molar-refractivity contribution in [3.63, 3.8) is 0 Å². The fraction of sp³-hybridized carbons (Fsp3) is 0.938. The molecule has 0 spiro atoms. The van der Waals surface area contributed by atoms with Gasteiger partial charge in [0.15, 0.2) is 5.56 Å². The van der Waals surface area contributed by atoms with E-state index in [1.807, 2.05) is 0 Å². The Balaban J connectivity index is 3.06. The SMILES string of the molecule is COCCOCCOCCOCCOCCOCCOC(=O)OC(C)Cl. The van der Waals surface area contributed by atoms with E-state index in [9.17, 15) is 4.79 Å². The van der Waals surface area contributed by atoms with Crippen molar-refractivity contribution in [1.82, 2.24) is 0 Å². The van der Waals surface area contributed by atoms with Crippen LogP contribution in [0.2, 0.25) is 0 Å². The summed E-state index contributed by atoms with van der Waals surface area (Å²) in [4.78, 5) is 11.0. The lowest BCUT2D eigenvalue weighted by atomic mass is 10.7. The normalized spacial score (nSPS) is 12.1. The Bertz CT molecular complexity index is 305. The first-order valence-electron chi connectivity index (χ1n) is 8.52. The average Bonchev–Trinajstić information content (AvgIpc) is 2.60. The fourth-order valence-electron chi connectivity index (χ4n) is 1.47. The van der Waals surface area contributed by atoms with E-state index in [0.717, 1.165) is 0 Å². The summed E-state index contributed by atoms with van der Waals surface area (Å²) in [6, 6.07) is 0. The van der Waals surface area contributed by atoms with E-state index in [0.29, 0.717) is 66.1 Å². The monoisotopic (exact) mass is 402 g/mol. The van der Waals surface area contributed by atoms with Gasteiger partial charge in [-0.3, -0.25) is 0 Å². The third kappa shape index (κ3) is 21.4. The molecule has 156 valence electrons. The summed E-state index contributed by atoms with van der Waals surface area (Å²) >= 11 is 5.46. The minimum atomic E-state index is -0.813. The lowest BCUT2D eigenvalue weighted by Gasteiger charge is -2.09. The number of carbonyl (C=O) groups excluding carboxylic acids is 1. The Morgan fingerprint density at radius 2 is 1.04 bits per heavy atom. The molecule has 0 aromatic carbocycles. The molecular weight excluding hydrogens is 372 g/mol. The van der Waals surface area contributed by atoms with Gasteiger partial charge in [-0.15, -0.1) is 0 Å². The van der Waals surface area contributed by atoms with E-state index in [1.54, 1.807) is 7.11 Å². The number of hydrogen-bond donors (Lipinski definition) is 0. The molecule has 9 nitrogen and oxygen atoms in total. The third-order valence-corrected chi connectivity index (χ3v) is 2.72. The third-order valence-electron chi connectivity index (χ3n) is 2.63. The standard InChI is InChI=1S/C16H31ClO9/c1-15(17)26-16(18)25-14-13-24-12-11-23-10-9-22-8-7-21-6-5-20-4-3-19-2/h15H,3-14H2,1-2H3. The minimum absolute atomic E-state index is 0.100. The molecule has 0 saturated heterocycles. The van der Waals surface area contributed by atoms with Crippen LogP contribution < -0.4 is 0 Å². The van der Waals surface area contributed by atoms with Crippen molar-refractivity contribution in [2.75, 3.05) is 86.4 Å². The molecule has 0 aromatic heterocycles. The first kappa shape index (κ1) is 25.3. The van der Waals surface area contributed by atoms with Crippen LogP contribution >= 0.6 is 11.6 Å². The van der Waals surface area contributed by atoms with E-state index in [4.69, 9.17) is 44.8 Å². The van der Waals surface area contributed by atoms with Crippen molar-refractivity contribution >= 4 is 17.8 Å². The Morgan fingerprint density at radius 3 is 1.38 bits per heavy atom. The summed E-state index contributed by atoms with van der Waals surface area (Å²) in [5, 5.41) is 0. The molecule has 0 aromatic rings. The van der Waals surface area contributed by atoms with Crippen molar-refractivity contribution in [1.29, 1.82) is 0 Å². The molecule has 10 heteroatoms. The van der Waals surface area contributed by atoms with Gasteiger partial charge in [-0.1, -0.05) is 11.6 Å². The Hall–Kier alpha value is -0.680. The van der Waals surface area contributed by atoms with Gasteiger partial charge in [0.25, 0.3) is 0 Å². The molecule has 0 N–H and O–H groups in total. The zero-order valence-corrected chi connectivity index (χ0v) is 16.4. The first-order valence-corrected chi connectivity index (χ1v) is 8.95. The van der Waals surface area contributed by atoms with Crippen molar-refractivity contribution in [3.05, 3.63) is 0 Å². The summed E-state index contributed by atoms with van der Waals surface area (Å²) in [5.74, 6) is 0. The van der Waals surface area contributed by atoms with Gasteiger partial charge in [-0.25, -0.2) is 4.79 Å². The molecule has 26 heavy (non-hydrogen) atoms. The Morgan fingerprint density at radius 1 is 0.692 bits per heavy atom. The molecular formula is C16H31ClO9. The zero-order valence-electron chi connectivity index (χ0n) is 15.6. The minimum Gasteiger partial charge on any atom is -0.432 e. The van der Waals surface area contributed by atoms with Crippen LogP contribution in [0, 0.1) is 0 Å². The predicted molar refractivity (Wildman–Crippen MR) is 93.7 cm³/mol. The molecule has 0 bridgehead atoms. The summed E-state index contributed by atoms with van der Waals surface area (Å²) in [6.07, 6.45) is -0.813. The molecule has 0 radical (unpaired) electrons. The van der Waals surface area contributed by atoms with Crippen molar-refractivity contribution in [2.45, 2.75) is 12.5 Å². The lowest BCUT2D eigenvalue weighted by molar-refractivity contribution is -0.0192. The van der Waals surface area contributed by atoms with Crippen LogP contribution in [-0.4, -0.2) is 98.1 Å². The highest BCUT2D eigenvalue weighted by atomic mass is 35.5. The van der Waals surface area contributed by atoms with Crippen LogP contribution in [0.3, 0.4) is 0 Å². The lowest BCUT2D eigenvalue weighted by Crippen LogP contribution is -2.16. The number of methoxy groups -OCH3 is 1. The first-order chi connectivity index (χ1) is 12.7. The topological polar surface area (TPSA) is 90.9 Å². The molecule has 0 aliphatic rings. The second-order valence-electron chi connectivity index (χ2n) is 4.81. The summed E-state index contributed by atoms with van der Waals surface area (Å²) in [7, 11) is 1.63. The molecule has 0 heterocycles. The number of ether oxygens (including phenoxy) is 8. The smallest absolute Gasteiger partial charge is 0.432 e. The van der Waals surface area contributed by atoms with Crippen LogP contribution in [0.25, 0.3) is 0 Å². The van der Waals surface area contributed by atoms with Crippen LogP contribution in [0.4, 0.5) is 4.79 Å². The molecule has 1 unspecified atom stereocenters. The number of carbonyl (C=O) groups is 1. The van der Waals surface area contributed by atoms with E-state index in [1.165, 1.54) is 6.92 Å².